The number of benzene rings is 1. The molecule has 1 aromatic carbocycles. The molecule has 5 aliphatic rings. The lowest BCUT2D eigenvalue weighted by molar-refractivity contribution is -0.218. The first-order valence-electron chi connectivity index (χ1n) is 14.9. The minimum absolute atomic E-state index is 0.0793. The molecule has 0 amide bonds. The SMILES string of the molecule is COCCOCCOCCOCCOC1CC[C@@]2(O)C3Cc4ccc(O)c5c4[C@@]2(CCN3CC2CCC2)[C@H]1O5. The van der Waals surface area contributed by atoms with Crippen molar-refractivity contribution in [2.75, 3.05) is 73.1 Å². The highest BCUT2D eigenvalue weighted by Gasteiger charge is 2.73. The van der Waals surface area contributed by atoms with Gasteiger partial charge in [0.2, 0.25) is 0 Å². The summed E-state index contributed by atoms with van der Waals surface area (Å²) < 4.78 is 34.5. The van der Waals surface area contributed by atoms with E-state index < -0.39 is 11.0 Å². The number of phenols is 1. The van der Waals surface area contributed by atoms with Crippen molar-refractivity contribution in [2.24, 2.45) is 5.92 Å². The molecule has 2 unspecified atom stereocenters. The van der Waals surface area contributed by atoms with Crippen LogP contribution in [0, 0.1) is 5.92 Å². The highest BCUT2D eigenvalue weighted by atomic mass is 16.6. The third-order valence-corrected chi connectivity index (χ3v) is 9.97. The number of aliphatic hydroxyl groups is 1. The molecule has 3 fully saturated rings. The van der Waals surface area contributed by atoms with Crippen LogP contribution < -0.4 is 4.74 Å². The van der Waals surface area contributed by atoms with E-state index in [1.165, 1.54) is 24.8 Å². The predicted molar refractivity (Wildman–Crippen MR) is 143 cm³/mol. The van der Waals surface area contributed by atoms with E-state index in [1.807, 2.05) is 6.07 Å². The molecule has 1 spiro atoms. The summed E-state index contributed by atoms with van der Waals surface area (Å²) in [6, 6.07) is 3.89. The van der Waals surface area contributed by atoms with E-state index in [1.54, 1.807) is 13.2 Å². The Labute approximate surface area is 231 Å². The Kier molecular flexibility index (Phi) is 8.38. The van der Waals surface area contributed by atoms with Crippen LogP contribution >= 0.6 is 0 Å². The molecule has 3 aliphatic carbocycles. The standard InChI is InChI=1S/C30H45NO8/c1-34-11-12-35-13-14-36-15-16-37-17-18-38-24-7-8-30(33)25-19-22-5-6-23(32)27-26(22)29(30,28(24)39-27)9-10-31(25)20-21-3-2-4-21/h5-6,21,24-25,28,32-33H,2-4,7-20H2,1H3/t24?,25?,28-,29-,30+/m0/s1. The van der Waals surface area contributed by atoms with Gasteiger partial charge in [-0.2, -0.15) is 0 Å². The van der Waals surface area contributed by atoms with Gasteiger partial charge in [0, 0.05) is 25.3 Å². The number of piperidine rings is 1. The zero-order valence-electron chi connectivity index (χ0n) is 23.3. The van der Waals surface area contributed by atoms with E-state index in [2.05, 4.69) is 4.90 Å². The van der Waals surface area contributed by atoms with Crippen molar-refractivity contribution in [1.29, 1.82) is 0 Å². The van der Waals surface area contributed by atoms with Gasteiger partial charge in [0.05, 0.1) is 70.0 Å². The van der Waals surface area contributed by atoms with Crippen LogP contribution in [0.5, 0.6) is 11.5 Å². The lowest BCUT2D eigenvalue weighted by Crippen LogP contribution is -2.77. The molecule has 9 heteroatoms. The number of likely N-dealkylation sites (tertiary alicyclic amines) is 1. The molecular weight excluding hydrogens is 502 g/mol. The molecule has 2 aliphatic heterocycles. The van der Waals surface area contributed by atoms with Crippen LogP contribution in [0.2, 0.25) is 0 Å². The van der Waals surface area contributed by atoms with Crippen molar-refractivity contribution in [2.45, 2.75) is 74.2 Å². The Morgan fingerprint density at radius 3 is 2.36 bits per heavy atom. The van der Waals surface area contributed by atoms with Gasteiger partial charge in [0.15, 0.2) is 11.5 Å². The summed E-state index contributed by atoms with van der Waals surface area (Å²) in [6.07, 6.45) is 6.51. The molecule has 2 saturated carbocycles. The Bertz CT molecular complexity index is 988. The maximum Gasteiger partial charge on any atom is 0.165 e. The molecule has 39 heavy (non-hydrogen) atoms. The van der Waals surface area contributed by atoms with E-state index in [-0.39, 0.29) is 24.0 Å². The van der Waals surface area contributed by atoms with Crippen molar-refractivity contribution < 1.29 is 38.6 Å². The monoisotopic (exact) mass is 547 g/mol. The number of ether oxygens (including phenoxy) is 6. The summed E-state index contributed by atoms with van der Waals surface area (Å²) in [5.74, 6) is 1.49. The molecule has 9 nitrogen and oxygen atoms in total. The van der Waals surface area contributed by atoms with E-state index in [9.17, 15) is 10.2 Å². The smallest absolute Gasteiger partial charge is 0.165 e. The number of hydrogen-bond acceptors (Lipinski definition) is 9. The zero-order chi connectivity index (χ0) is 26.9. The summed E-state index contributed by atoms with van der Waals surface area (Å²) in [6.45, 7) is 6.19. The van der Waals surface area contributed by atoms with Crippen molar-refractivity contribution in [1.82, 2.24) is 4.90 Å². The van der Waals surface area contributed by atoms with Gasteiger partial charge in [-0.3, -0.25) is 4.90 Å². The fourth-order valence-corrected chi connectivity index (χ4v) is 7.92. The van der Waals surface area contributed by atoms with Gasteiger partial charge >= 0.3 is 0 Å². The minimum atomic E-state index is -0.882. The number of nitrogens with zero attached hydrogens (tertiary/aromatic N) is 1. The number of methoxy groups -OCH3 is 1. The fraction of sp³-hybridized carbons (Fsp3) is 0.800. The lowest BCUT2D eigenvalue weighted by atomic mass is 9.48. The second-order valence-corrected chi connectivity index (χ2v) is 11.9. The van der Waals surface area contributed by atoms with Crippen LogP contribution in [0.4, 0.5) is 0 Å². The molecule has 6 rings (SSSR count). The van der Waals surface area contributed by atoms with Gasteiger partial charge in [-0.25, -0.2) is 0 Å². The second kappa shape index (κ2) is 11.8. The zero-order valence-corrected chi connectivity index (χ0v) is 23.3. The Hall–Kier alpha value is -1.46. The van der Waals surface area contributed by atoms with Crippen molar-refractivity contribution >= 4 is 0 Å². The van der Waals surface area contributed by atoms with Gasteiger partial charge in [-0.05, 0) is 62.6 Å². The summed E-state index contributed by atoms with van der Waals surface area (Å²) >= 11 is 0. The van der Waals surface area contributed by atoms with Gasteiger partial charge < -0.3 is 38.6 Å². The molecule has 0 aromatic heterocycles. The number of rotatable bonds is 15. The average molecular weight is 548 g/mol. The topological polar surface area (TPSA) is 99.1 Å². The summed E-state index contributed by atoms with van der Waals surface area (Å²) in [5.41, 5.74) is 0.833. The highest BCUT2D eigenvalue weighted by Crippen LogP contribution is 2.65. The predicted octanol–water partition coefficient (Wildman–Crippen LogP) is 2.43. The molecule has 0 radical (unpaired) electrons. The normalized spacial score (nSPS) is 33.0. The molecule has 1 aromatic rings. The summed E-state index contributed by atoms with van der Waals surface area (Å²) in [5, 5.41) is 23.3. The molecule has 2 N–H and O–H groups in total. The highest BCUT2D eigenvalue weighted by molar-refractivity contribution is 5.62. The van der Waals surface area contributed by atoms with Crippen LogP contribution in [0.3, 0.4) is 0 Å². The Morgan fingerprint density at radius 1 is 0.949 bits per heavy atom. The lowest BCUT2D eigenvalue weighted by Gasteiger charge is -2.64. The second-order valence-electron chi connectivity index (χ2n) is 11.9. The third-order valence-electron chi connectivity index (χ3n) is 9.97. The van der Waals surface area contributed by atoms with Gasteiger partial charge in [-0.1, -0.05) is 12.5 Å². The molecule has 2 bridgehead atoms. The van der Waals surface area contributed by atoms with E-state index in [4.69, 9.17) is 28.4 Å². The van der Waals surface area contributed by atoms with Gasteiger partial charge in [-0.15, -0.1) is 0 Å². The van der Waals surface area contributed by atoms with Crippen LogP contribution in [-0.2, 0) is 35.5 Å². The number of phenolic OH excluding ortho intramolecular Hbond substituents is 1. The van der Waals surface area contributed by atoms with E-state index in [0.717, 1.165) is 43.8 Å². The fourth-order valence-electron chi connectivity index (χ4n) is 7.92. The quantitative estimate of drug-likeness (QED) is 0.321. The Morgan fingerprint density at radius 2 is 1.67 bits per heavy atom. The summed E-state index contributed by atoms with van der Waals surface area (Å²) in [7, 11) is 1.65. The van der Waals surface area contributed by atoms with Crippen LogP contribution in [-0.4, -0.2) is 112 Å². The van der Waals surface area contributed by atoms with Crippen LogP contribution in [0.25, 0.3) is 0 Å². The van der Waals surface area contributed by atoms with Crippen molar-refractivity contribution in [3.8, 4) is 11.5 Å². The maximum atomic E-state index is 12.6. The van der Waals surface area contributed by atoms with E-state index >= 15 is 0 Å². The van der Waals surface area contributed by atoms with Gasteiger partial charge in [0.25, 0.3) is 0 Å². The molecule has 218 valence electrons. The number of hydrogen-bond donors (Lipinski definition) is 2. The van der Waals surface area contributed by atoms with Gasteiger partial charge in [0.1, 0.15) is 6.10 Å². The average Bonchev–Trinajstić information content (AvgIpc) is 3.26. The molecule has 1 saturated heterocycles. The molecule has 5 atom stereocenters. The van der Waals surface area contributed by atoms with Crippen LogP contribution in [0.1, 0.15) is 49.7 Å². The molecular formula is C30H45NO8. The minimum Gasteiger partial charge on any atom is -0.504 e. The first kappa shape index (κ1) is 27.7. The van der Waals surface area contributed by atoms with Crippen molar-refractivity contribution in [3.05, 3.63) is 23.3 Å². The largest absolute Gasteiger partial charge is 0.504 e. The first-order chi connectivity index (χ1) is 19.1. The van der Waals surface area contributed by atoms with Crippen molar-refractivity contribution in [3.63, 3.8) is 0 Å². The number of aromatic hydroxyl groups is 1. The first-order valence-corrected chi connectivity index (χ1v) is 14.9. The van der Waals surface area contributed by atoms with E-state index in [0.29, 0.717) is 65.0 Å². The summed E-state index contributed by atoms with van der Waals surface area (Å²) in [4.78, 5) is 2.57. The third kappa shape index (κ3) is 4.88. The Balaban J connectivity index is 1.06. The van der Waals surface area contributed by atoms with Crippen LogP contribution in [0.15, 0.2) is 12.1 Å². The molecule has 2 heterocycles. The maximum absolute atomic E-state index is 12.6.